The number of hydrogen-bond acceptors (Lipinski definition) is 4. The molecule has 0 saturated carbocycles. The van der Waals surface area contributed by atoms with Crippen LogP contribution in [0.2, 0.25) is 0 Å². The van der Waals surface area contributed by atoms with Crippen LogP contribution in [0.25, 0.3) is 0 Å². The Hall–Kier alpha value is -2.08. The first-order valence-corrected chi connectivity index (χ1v) is 6.25. The molecule has 19 heavy (non-hydrogen) atoms. The fourth-order valence-electron chi connectivity index (χ4n) is 2.45. The molecule has 1 saturated heterocycles. The van der Waals surface area contributed by atoms with Crippen LogP contribution in [0.3, 0.4) is 0 Å². The zero-order valence-electron chi connectivity index (χ0n) is 10.7. The van der Waals surface area contributed by atoms with E-state index in [-0.39, 0.29) is 11.8 Å². The molecular formula is C13H16N4O2. The van der Waals surface area contributed by atoms with Gasteiger partial charge in [0.2, 0.25) is 11.8 Å². The molecule has 1 fully saturated rings. The topological polar surface area (TPSA) is 78.7 Å². The van der Waals surface area contributed by atoms with Crippen molar-refractivity contribution in [1.29, 1.82) is 0 Å². The van der Waals surface area contributed by atoms with Crippen molar-refractivity contribution in [2.45, 2.75) is 6.04 Å². The van der Waals surface area contributed by atoms with Crippen molar-refractivity contribution in [2.24, 2.45) is 5.73 Å². The van der Waals surface area contributed by atoms with Gasteiger partial charge in [-0.1, -0.05) is 6.07 Å². The summed E-state index contributed by atoms with van der Waals surface area (Å²) in [6.07, 6.45) is 0. The minimum atomic E-state index is -0.585. The second-order valence-corrected chi connectivity index (χ2v) is 4.98. The number of likely N-dealkylation sites (N-methyl/N-ethyl adjacent to an activating group) is 1. The highest BCUT2D eigenvalue weighted by Crippen LogP contribution is 2.33. The maximum Gasteiger partial charge on any atom is 0.245 e. The molecule has 0 radical (unpaired) electrons. The van der Waals surface area contributed by atoms with Gasteiger partial charge >= 0.3 is 0 Å². The number of amides is 2. The van der Waals surface area contributed by atoms with Crippen LogP contribution in [0.4, 0.5) is 11.4 Å². The molecule has 2 amide bonds. The van der Waals surface area contributed by atoms with Crippen LogP contribution in [0.15, 0.2) is 18.2 Å². The van der Waals surface area contributed by atoms with Gasteiger partial charge < -0.3 is 20.9 Å². The standard InChI is InChI=1S/C13H16N4O2/c1-16-4-5-17(7-11(16)18)8-2-3-9-10(6-8)15-13(19)12(9)14/h2-3,6,12H,4-5,7,14H2,1H3,(H,15,19). The highest BCUT2D eigenvalue weighted by molar-refractivity contribution is 6.03. The minimum Gasteiger partial charge on any atom is -0.360 e. The highest BCUT2D eigenvalue weighted by Gasteiger charge is 2.28. The number of benzene rings is 1. The monoisotopic (exact) mass is 260 g/mol. The summed E-state index contributed by atoms with van der Waals surface area (Å²) in [5.41, 5.74) is 8.28. The van der Waals surface area contributed by atoms with Crippen molar-refractivity contribution < 1.29 is 9.59 Å². The maximum absolute atomic E-state index is 11.7. The van der Waals surface area contributed by atoms with Crippen LogP contribution < -0.4 is 16.0 Å². The van der Waals surface area contributed by atoms with Crippen LogP contribution in [-0.2, 0) is 9.59 Å². The Morgan fingerprint density at radius 3 is 2.84 bits per heavy atom. The summed E-state index contributed by atoms with van der Waals surface area (Å²) < 4.78 is 0. The number of carbonyl (C=O) groups excluding carboxylic acids is 2. The zero-order valence-corrected chi connectivity index (χ0v) is 10.7. The SMILES string of the molecule is CN1CCN(c2ccc3c(c2)NC(=O)C3N)CC1=O. The third-order valence-electron chi connectivity index (χ3n) is 3.73. The molecule has 6 heteroatoms. The highest BCUT2D eigenvalue weighted by atomic mass is 16.2. The number of rotatable bonds is 1. The molecule has 0 aromatic heterocycles. The number of nitrogens with zero attached hydrogens (tertiary/aromatic N) is 2. The van der Waals surface area contributed by atoms with E-state index < -0.39 is 6.04 Å². The molecule has 2 aliphatic rings. The number of nitrogens with one attached hydrogen (secondary N) is 1. The van der Waals surface area contributed by atoms with E-state index in [2.05, 4.69) is 5.32 Å². The second kappa shape index (κ2) is 4.24. The summed E-state index contributed by atoms with van der Waals surface area (Å²) in [6.45, 7) is 1.87. The summed E-state index contributed by atoms with van der Waals surface area (Å²) in [5, 5.41) is 2.76. The van der Waals surface area contributed by atoms with Crippen LogP contribution in [0, 0.1) is 0 Å². The van der Waals surface area contributed by atoms with E-state index in [1.165, 1.54) is 0 Å². The number of nitrogens with two attached hydrogens (primary N) is 1. The summed E-state index contributed by atoms with van der Waals surface area (Å²) in [5.74, 6) is -0.0749. The molecule has 0 spiro atoms. The van der Waals surface area contributed by atoms with Gasteiger partial charge in [-0.05, 0) is 12.1 Å². The summed E-state index contributed by atoms with van der Waals surface area (Å²) in [4.78, 5) is 26.9. The molecule has 0 bridgehead atoms. The molecule has 3 N–H and O–H groups in total. The van der Waals surface area contributed by atoms with Gasteiger partial charge in [-0.15, -0.1) is 0 Å². The second-order valence-electron chi connectivity index (χ2n) is 4.98. The van der Waals surface area contributed by atoms with Gasteiger partial charge in [-0.3, -0.25) is 9.59 Å². The van der Waals surface area contributed by atoms with E-state index in [4.69, 9.17) is 5.73 Å². The van der Waals surface area contributed by atoms with E-state index in [0.29, 0.717) is 13.1 Å². The van der Waals surface area contributed by atoms with E-state index >= 15 is 0 Å². The maximum atomic E-state index is 11.7. The number of piperazine rings is 1. The summed E-state index contributed by atoms with van der Waals surface area (Å²) in [7, 11) is 1.81. The van der Waals surface area contributed by atoms with Crippen LogP contribution in [0.5, 0.6) is 0 Å². The molecule has 1 atom stereocenters. The first-order valence-electron chi connectivity index (χ1n) is 6.25. The van der Waals surface area contributed by atoms with Gasteiger partial charge in [0.1, 0.15) is 6.04 Å². The molecule has 1 aromatic carbocycles. The van der Waals surface area contributed by atoms with Crippen LogP contribution in [0.1, 0.15) is 11.6 Å². The lowest BCUT2D eigenvalue weighted by Crippen LogP contribution is -2.48. The van der Waals surface area contributed by atoms with Gasteiger partial charge in [0.15, 0.2) is 0 Å². The molecule has 2 aliphatic heterocycles. The van der Waals surface area contributed by atoms with E-state index in [9.17, 15) is 9.59 Å². The Balaban J connectivity index is 1.86. The number of fused-ring (bicyclic) bond motifs is 1. The Morgan fingerprint density at radius 2 is 2.11 bits per heavy atom. The number of hydrogen-bond donors (Lipinski definition) is 2. The van der Waals surface area contributed by atoms with Crippen molar-refractivity contribution in [3.8, 4) is 0 Å². The van der Waals surface area contributed by atoms with Crippen molar-refractivity contribution in [2.75, 3.05) is 36.9 Å². The smallest absolute Gasteiger partial charge is 0.245 e. The lowest BCUT2D eigenvalue weighted by atomic mass is 10.1. The molecular weight excluding hydrogens is 244 g/mol. The molecule has 0 aliphatic carbocycles. The van der Waals surface area contributed by atoms with Crippen molar-refractivity contribution in [1.82, 2.24) is 4.90 Å². The molecule has 1 aromatic rings. The normalized spacial score (nSPS) is 22.5. The molecule has 3 rings (SSSR count). The Morgan fingerprint density at radius 1 is 1.32 bits per heavy atom. The van der Waals surface area contributed by atoms with Gasteiger partial charge in [0.25, 0.3) is 0 Å². The first-order chi connectivity index (χ1) is 9.06. The fraction of sp³-hybridized carbons (Fsp3) is 0.385. The summed E-state index contributed by atoms with van der Waals surface area (Å²) in [6, 6.07) is 5.07. The lowest BCUT2D eigenvalue weighted by molar-refractivity contribution is -0.129. The van der Waals surface area contributed by atoms with Crippen molar-refractivity contribution in [3.63, 3.8) is 0 Å². The van der Waals surface area contributed by atoms with Gasteiger partial charge in [0.05, 0.1) is 6.54 Å². The third-order valence-corrected chi connectivity index (χ3v) is 3.73. The van der Waals surface area contributed by atoms with Crippen LogP contribution in [-0.4, -0.2) is 43.4 Å². The number of anilines is 2. The average molecular weight is 260 g/mol. The van der Waals surface area contributed by atoms with Crippen molar-refractivity contribution >= 4 is 23.2 Å². The molecule has 2 heterocycles. The lowest BCUT2D eigenvalue weighted by Gasteiger charge is -2.33. The summed E-state index contributed by atoms with van der Waals surface area (Å²) >= 11 is 0. The van der Waals surface area contributed by atoms with E-state index in [0.717, 1.165) is 23.5 Å². The Kier molecular flexibility index (Phi) is 2.67. The molecule has 1 unspecified atom stereocenters. The average Bonchev–Trinajstić information content (AvgIpc) is 2.68. The molecule has 6 nitrogen and oxygen atoms in total. The third kappa shape index (κ3) is 1.94. The quantitative estimate of drug-likeness (QED) is 0.740. The zero-order chi connectivity index (χ0) is 13.6. The van der Waals surface area contributed by atoms with Gasteiger partial charge in [0, 0.05) is 37.1 Å². The van der Waals surface area contributed by atoms with Crippen LogP contribution >= 0.6 is 0 Å². The first kappa shape index (κ1) is 12.0. The Labute approximate surface area is 111 Å². The predicted octanol–water partition coefficient (Wildman–Crippen LogP) is -0.0831. The van der Waals surface area contributed by atoms with Gasteiger partial charge in [-0.2, -0.15) is 0 Å². The van der Waals surface area contributed by atoms with E-state index in [1.54, 1.807) is 4.90 Å². The number of carbonyl (C=O) groups is 2. The van der Waals surface area contributed by atoms with Gasteiger partial charge in [-0.25, -0.2) is 0 Å². The largest absolute Gasteiger partial charge is 0.360 e. The fourth-order valence-corrected chi connectivity index (χ4v) is 2.45. The Bertz CT molecular complexity index is 558. The van der Waals surface area contributed by atoms with E-state index in [1.807, 2.05) is 30.1 Å². The molecule has 100 valence electrons. The minimum absolute atomic E-state index is 0.104. The van der Waals surface area contributed by atoms with Crippen molar-refractivity contribution in [3.05, 3.63) is 23.8 Å². The predicted molar refractivity (Wildman–Crippen MR) is 71.9 cm³/mol.